The predicted molar refractivity (Wildman–Crippen MR) is 87.7 cm³/mol. The van der Waals surface area contributed by atoms with Crippen molar-refractivity contribution < 1.29 is 28.9 Å². The van der Waals surface area contributed by atoms with Crippen LogP contribution in [-0.2, 0) is 30.4 Å². The number of ether oxygens (including phenoxy) is 4. The first kappa shape index (κ1) is 16.9. The summed E-state index contributed by atoms with van der Waals surface area (Å²) < 4.78 is 24.0. The van der Waals surface area contributed by atoms with Crippen LogP contribution in [0.4, 0.5) is 0 Å². The number of oxime groups is 1. The summed E-state index contributed by atoms with van der Waals surface area (Å²) in [6.07, 6.45) is -1.42. The van der Waals surface area contributed by atoms with E-state index in [4.69, 9.17) is 23.8 Å². The molecular formula is C18H23NO6. The molecule has 1 aromatic rings. The molecular weight excluding hydrogens is 326 g/mol. The molecule has 7 heteroatoms. The Hall–Kier alpha value is -1.51. The smallest absolute Gasteiger partial charge is 0.190 e. The van der Waals surface area contributed by atoms with Gasteiger partial charge in [-0.2, -0.15) is 0 Å². The highest BCUT2D eigenvalue weighted by molar-refractivity contribution is 5.90. The molecule has 0 aliphatic carbocycles. The van der Waals surface area contributed by atoms with Gasteiger partial charge in [-0.25, -0.2) is 0 Å². The van der Waals surface area contributed by atoms with Gasteiger partial charge in [0.25, 0.3) is 0 Å². The molecule has 1 aromatic carbocycles. The van der Waals surface area contributed by atoms with E-state index in [0.29, 0.717) is 13.0 Å². The van der Waals surface area contributed by atoms with Crippen LogP contribution in [0, 0.1) is 0 Å². The van der Waals surface area contributed by atoms with Crippen LogP contribution in [0.2, 0.25) is 0 Å². The number of rotatable bonds is 5. The highest BCUT2D eigenvalue weighted by Gasteiger charge is 2.57. The first-order chi connectivity index (χ1) is 12.1. The highest BCUT2D eigenvalue weighted by atomic mass is 16.8. The minimum Gasteiger partial charge on any atom is -0.392 e. The standard InChI is InChI=1S/C18H23NO6/c1-18(2)23-16-15(21-10-11-6-4-3-5-7-11)14(22-17(16)24-18)13-8-12(9-20)25-19-13/h3-7,12,14-17,20H,8-10H2,1-2H3/t12?,14-,15+,16-,17-/m1/s1. The largest absolute Gasteiger partial charge is 0.392 e. The van der Waals surface area contributed by atoms with Crippen LogP contribution in [0.3, 0.4) is 0 Å². The number of hydrogen-bond acceptors (Lipinski definition) is 7. The van der Waals surface area contributed by atoms with Crippen molar-refractivity contribution in [3.63, 3.8) is 0 Å². The van der Waals surface area contributed by atoms with Crippen molar-refractivity contribution in [1.82, 2.24) is 0 Å². The van der Waals surface area contributed by atoms with E-state index in [1.165, 1.54) is 0 Å². The first-order valence-corrected chi connectivity index (χ1v) is 8.56. The van der Waals surface area contributed by atoms with Gasteiger partial charge in [0.15, 0.2) is 18.2 Å². The molecule has 4 rings (SSSR count). The Kier molecular flexibility index (Phi) is 4.51. The summed E-state index contributed by atoms with van der Waals surface area (Å²) in [5.41, 5.74) is 1.79. The van der Waals surface area contributed by atoms with E-state index < -0.39 is 18.2 Å². The van der Waals surface area contributed by atoms with Gasteiger partial charge in [0, 0.05) is 6.42 Å². The molecule has 136 valence electrons. The molecule has 2 saturated heterocycles. The minimum atomic E-state index is -0.712. The van der Waals surface area contributed by atoms with Gasteiger partial charge in [-0.1, -0.05) is 35.5 Å². The van der Waals surface area contributed by atoms with Crippen molar-refractivity contribution in [3.05, 3.63) is 35.9 Å². The van der Waals surface area contributed by atoms with Crippen molar-refractivity contribution in [2.24, 2.45) is 5.16 Å². The second kappa shape index (κ2) is 6.66. The third-order valence-corrected chi connectivity index (χ3v) is 4.56. The Morgan fingerprint density at radius 1 is 1.24 bits per heavy atom. The van der Waals surface area contributed by atoms with E-state index in [1.807, 2.05) is 44.2 Å². The third-order valence-electron chi connectivity index (χ3n) is 4.56. The summed E-state index contributed by atoms with van der Waals surface area (Å²) in [7, 11) is 0. The van der Waals surface area contributed by atoms with Crippen molar-refractivity contribution in [1.29, 1.82) is 0 Å². The second-order valence-electron chi connectivity index (χ2n) is 6.98. The van der Waals surface area contributed by atoms with Crippen LogP contribution >= 0.6 is 0 Å². The first-order valence-electron chi connectivity index (χ1n) is 8.56. The number of aliphatic hydroxyl groups is 1. The minimum absolute atomic E-state index is 0.0812. The predicted octanol–water partition coefficient (Wildman–Crippen LogP) is 1.59. The number of hydrogen-bond donors (Lipinski definition) is 1. The average Bonchev–Trinajstić information content (AvgIpc) is 3.26. The lowest BCUT2D eigenvalue weighted by Gasteiger charge is -2.25. The maximum Gasteiger partial charge on any atom is 0.190 e. The number of benzene rings is 1. The molecule has 0 spiro atoms. The molecule has 0 saturated carbocycles. The molecule has 3 aliphatic rings. The van der Waals surface area contributed by atoms with Crippen LogP contribution < -0.4 is 0 Å². The fourth-order valence-corrected chi connectivity index (χ4v) is 3.41. The van der Waals surface area contributed by atoms with Crippen LogP contribution in [0.5, 0.6) is 0 Å². The zero-order valence-electron chi connectivity index (χ0n) is 14.3. The van der Waals surface area contributed by atoms with Crippen LogP contribution in [0.15, 0.2) is 35.5 Å². The quantitative estimate of drug-likeness (QED) is 0.870. The van der Waals surface area contributed by atoms with Gasteiger partial charge >= 0.3 is 0 Å². The molecule has 0 amide bonds. The maximum absolute atomic E-state index is 9.25. The van der Waals surface area contributed by atoms with Crippen molar-refractivity contribution in [2.75, 3.05) is 6.61 Å². The highest BCUT2D eigenvalue weighted by Crippen LogP contribution is 2.40. The fourth-order valence-electron chi connectivity index (χ4n) is 3.41. The van der Waals surface area contributed by atoms with E-state index in [0.717, 1.165) is 11.3 Å². The molecule has 2 fully saturated rings. The van der Waals surface area contributed by atoms with E-state index in [-0.39, 0.29) is 24.9 Å². The molecule has 25 heavy (non-hydrogen) atoms. The summed E-state index contributed by atoms with van der Waals surface area (Å²) in [5.74, 6) is -0.712. The zero-order valence-corrected chi connectivity index (χ0v) is 14.3. The van der Waals surface area contributed by atoms with Crippen molar-refractivity contribution in [3.8, 4) is 0 Å². The molecule has 3 aliphatic heterocycles. The Morgan fingerprint density at radius 3 is 2.76 bits per heavy atom. The van der Waals surface area contributed by atoms with Crippen molar-refractivity contribution >= 4 is 5.71 Å². The molecule has 0 bridgehead atoms. The van der Waals surface area contributed by atoms with Gasteiger partial charge in [0.1, 0.15) is 18.3 Å². The lowest BCUT2D eigenvalue weighted by atomic mass is 10.0. The summed E-state index contributed by atoms with van der Waals surface area (Å²) >= 11 is 0. The van der Waals surface area contributed by atoms with Gasteiger partial charge in [0.2, 0.25) is 0 Å². The van der Waals surface area contributed by atoms with Gasteiger partial charge < -0.3 is 28.9 Å². The lowest BCUT2D eigenvalue weighted by Crippen LogP contribution is -2.40. The summed E-state index contributed by atoms with van der Waals surface area (Å²) in [6, 6.07) is 9.94. The maximum atomic E-state index is 9.25. The molecule has 0 aromatic heterocycles. The van der Waals surface area contributed by atoms with Crippen LogP contribution in [0.25, 0.3) is 0 Å². The van der Waals surface area contributed by atoms with Crippen LogP contribution in [-0.4, -0.2) is 53.9 Å². The van der Waals surface area contributed by atoms with Crippen LogP contribution in [0.1, 0.15) is 25.8 Å². The third kappa shape index (κ3) is 3.43. The Labute approximate surface area is 146 Å². The summed E-state index contributed by atoms with van der Waals surface area (Å²) in [6.45, 7) is 4.07. The Morgan fingerprint density at radius 2 is 2.04 bits per heavy atom. The molecule has 1 unspecified atom stereocenters. The zero-order chi connectivity index (χ0) is 17.4. The fraction of sp³-hybridized carbons (Fsp3) is 0.611. The molecule has 1 N–H and O–H groups in total. The average molecular weight is 349 g/mol. The normalized spacial score (nSPS) is 36.1. The van der Waals surface area contributed by atoms with Gasteiger partial charge in [-0.15, -0.1) is 0 Å². The topological polar surface area (TPSA) is 78.7 Å². The molecule has 7 nitrogen and oxygen atoms in total. The summed E-state index contributed by atoms with van der Waals surface area (Å²) in [5, 5.41) is 13.3. The Balaban J connectivity index is 1.50. The van der Waals surface area contributed by atoms with Gasteiger partial charge in [-0.05, 0) is 19.4 Å². The number of fused-ring (bicyclic) bond motifs is 1. The van der Waals surface area contributed by atoms with E-state index in [9.17, 15) is 5.11 Å². The van der Waals surface area contributed by atoms with Gasteiger partial charge in [0.05, 0.1) is 18.9 Å². The molecule has 3 heterocycles. The number of aliphatic hydroxyl groups excluding tert-OH is 1. The van der Waals surface area contributed by atoms with E-state index in [1.54, 1.807) is 0 Å². The van der Waals surface area contributed by atoms with E-state index >= 15 is 0 Å². The summed E-state index contributed by atoms with van der Waals surface area (Å²) in [4.78, 5) is 5.22. The van der Waals surface area contributed by atoms with E-state index in [2.05, 4.69) is 5.16 Å². The Bertz CT molecular complexity index is 634. The second-order valence-corrected chi connectivity index (χ2v) is 6.98. The SMILES string of the molecule is CC1(C)O[C@H]2O[C@H](C3=NOC(CO)C3)[C@H](OCc3ccccc3)[C@H]2O1. The monoisotopic (exact) mass is 349 g/mol. The van der Waals surface area contributed by atoms with Gasteiger partial charge in [-0.3, -0.25) is 0 Å². The van der Waals surface area contributed by atoms with Crippen molar-refractivity contribution in [2.45, 2.75) is 63.4 Å². The molecule has 5 atom stereocenters. The lowest BCUT2D eigenvalue weighted by molar-refractivity contribution is -0.210. The number of nitrogens with zero attached hydrogens (tertiary/aromatic N) is 1. The molecule has 0 radical (unpaired) electrons.